The van der Waals surface area contributed by atoms with Gasteiger partial charge < -0.3 is 4.74 Å². The number of nitrogens with one attached hydrogen (secondary N) is 1. The molecule has 96 valence electrons. The number of aryl methyl sites for hydroxylation is 2. The minimum absolute atomic E-state index is 0.304. The smallest absolute Gasteiger partial charge is 0.330 e. The molecule has 0 saturated heterocycles. The first-order valence-corrected chi connectivity index (χ1v) is 5.80. The summed E-state index contributed by atoms with van der Waals surface area (Å²) in [6, 6.07) is 5.89. The normalized spacial score (nSPS) is 13.5. The molecule has 0 spiro atoms. The van der Waals surface area contributed by atoms with Crippen LogP contribution in [0.4, 0.5) is 0 Å². The van der Waals surface area contributed by atoms with Crippen LogP contribution in [0, 0.1) is 26.2 Å². The third-order valence-corrected chi connectivity index (χ3v) is 3.22. The Morgan fingerprint density at radius 2 is 2.11 bits per heavy atom. The average Bonchev–Trinajstić information content (AvgIpc) is 2.38. The monoisotopic (exact) mass is 245 g/mol. The van der Waals surface area contributed by atoms with Gasteiger partial charge in [-0.25, -0.2) is 4.79 Å². The molecule has 3 heteroatoms. The number of rotatable bonds is 4. The molecule has 0 saturated carbocycles. The van der Waals surface area contributed by atoms with Gasteiger partial charge in [-0.1, -0.05) is 24.1 Å². The summed E-state index contributed by atoms with van der Waals surface area (Å²) in [6.45, 7) is 6.12. The number of methoxy groups -OCH3 is 1. The van der Waals surface area contributed by atoms with Crippen LogP contribution in [0.15, 0.2) is 18.2 Å². The zero-order valence-corrected chi connectivity index (χ0v) is 11.3. The summed E-state index contributed by atoms with van der Waals surface area (Å²) in [5, 5.41) is 3.05. The van der Waals surface area contributed by atoms with E-state index in [0.717, 1.165) is 11.1 Å². The summed E-state index contributed by atoms with van der Waals surface area (Å²) in [6.07, 6.45) is 5.24. The topological polar surface area (TPSA) is 38.3 Å². The first-order valence-electron chi connectivity index (χ1n) is 5.80. The van der Waals surface area contributed by atoms with Crippen molar-refractivity contribution in [3.63, 3.8) is 0 Å². The quantitative estimate of drug-likeness (QED) is 0.650. The van der Waals surface area contributed by atoms with E-state index in [-0.39, 0.29) is 5.97 Å². The van der Waals surface area contributed by atoms with Crippen molar-refractivity contribution in [2.24, 2.45) is 0 Å². The van der Waals surface area contributed by atoms with E-state index in [2.05, 4.69) is 11.2 Å². The molecule has 0 aliphatic carbocycles. The Balaban J connectivity index is 3.21. The molecular weight excluding hydrogens is 226 g/mol. The van der Waals surface area contributed by atoms with E-state index < -0.39 is 5.54 Å². The van der Waals surface area contributed by atoms with Crippen molar-refractivity contribution >= 4 is 5.97 Å². The van der Waals surface area contributed by atoms with Gasteiger partial charge in [-0.2, -0.15) is 0 Å². The van der Waals surface area contributed by atoms with Crippen LogP contribution in [-0.2, 0) is 15.1 Å². The fraction of sp³-hybridized carbons (Fsp3) is 0.400. The largest absolute Gasteiger partial charge is 0.467 e. The summed E-state index contributed by atoms with van der Waals surface area (Å²) in [4.78, 5) is 12.0. The zero-order valence-electron chi connectivity index (χ0n) is 11.3. The van der Waals surface area contributed by atoms with Crippen molar-refractivity contribution in [3.8, 4) is 12.3 Å². The van der Waals surface area contributed by atoms with Gasteiger partial charge in [0, 0.05) is 0 Å². The molecule has 1 aromatic rings. The molecule has 0 aliphatic heterocycles. The van der Waals surface area contributed by atoms with Crippen LogP contribution < -0.4 is 5.32 Å². The third kappa shape index (κ3) is 2.72. The highest BCUT2D eigenvalue weighted by atomic mass is 16.5. The summed E-state index contributed by atoms with van der Waals surface area (Å²) >= 11 is 0. The predicted octanol–water partition coefficient (Wildman–Crippen LogP) is 1.91. The van der Waals surface area contributed by atoms with Gasteiger partial charge in [0.1, 0.15) is 5.54 Å². The standard InChI is InChI=1S/C15H19NO2/c1-6-9-16-15(4,14(17)18-5)13-8-7-11(2)12(3)10-13/h1,7-8,10,16H,9H2,2-5H3. The lowest BCUT2D eigenvalue weighted by Gasteiger charge is -2.28. The average molecular weight is 245 g/mol. The van der Waals surface area contributed by atoms with Crippen molar-refractivity contribution in [2.75, 3.05) is 13.7 Å². The maximum absolute atomic E-state index is 12.0. The zero-order chi connectivity index (χ0) is 13.8. The van der Waals surface area contributed by atoms with Crippen LogP contribution in [0.5, 0.6) is 0 Å². The van der Waals surface area contributed by atoms with E-state index in [1.807, 2.05) is 32.0 Å². The summed E-state index contributed by atoms with van der Waals surface area (Å²) in [5.41, 5.74) is 2.25. The highest BCUT2D eigenvalue weighted by molar-refractivity contribution is 5.82. The molecule has 0 aromatic heterocycles. The van der Waals surface area contributed by atoms with Gasteiger partial charge in [0.15, 0.2) is 0 Å². The molecule has 1 unspecified atom stereocenters. The van der Waals surface area contributed by atoms with Gasteiger partial charge in [0.25, 0.3) is 0 Å². The van der Waals surface area contributed by atoms with E-state index in [4.69, 9.17) is 11.2 Å². The van der Waals surface area contributed by atoms with E-state index in [1.165, 1.54) is 12.7 Å². The molecule has 3 nitrogen and oxygen atoms in total. The Morgan fingerprint density at radius 1 is 1.44 bits per heavy atom. The molecule has 0 amide bonds. The molecular formula is C15H19NO2. The van der Waals surface area contributed by atoms with E-state index in [0.29, 0.717) is 6.54 Å². The number of ether oxygens (including phenoxy) is 1. The molecule has 1 rings (SSSR count). The highest BCUT2D eigenvalue weighted by Crippen LogP contribution is 2.24. The van der Waals surface area contributed by atoms with E-state index in [9.17, 15) is 4.79 Å². The lowest BCUT2D eigenvalue weighted by Crippen LogP contribution is -2.47. The summed E-state index contributed by atoms with van der Waals surface area (Å²) < 4.78 is 4.87. The van der Waals surface area contributed by atoms with E-state index in [1.54, 1.807) is 6.92 Å². The molecule has 0 bridgehead atoms. The number of carbonyl (C=O) groups excluding carboxylic acids is 1. The number of hydrogen-bond acceptors (Lipinski definition) is 3. The van der Waals surface area contributed by atoms with Crippen LogP contribution in [0.2, 0.25) is 0 Å². The van der Waals surface area contributed by atoms with Crippen LogP contribution in [-0.4, -0.2) is 19.6 Å². The fourth-order valence-electron chi connectivity index (χ4n) is 1.78. The highest BCUT2D eigenvalue weighted by Gasteiger charge is 2.35. The minimum atomic E-state index is -0.917. The summed E-state index contributed by atoms with van der Waals surface area (Å²) in [7, 11) is 1.37. The fourth-order valence-corrected chi connectivity index (χ4v) is 1.78. The number of esters is 1. The van der Waals surface area contributed by atoms with Gasteiger partial charge in [0.05, 0.1) is 13.7 Å². The van der Waals surface area contributed by atoms with Gasteiger partial charge in [-0.3, -0.25) is 5.32 Å². The summed E-state index contributed by atoms with van der Waals surface area (Å²) in [5.74, 6) is 2.13. The maximum atomic E-state index is 12.0. The van der Waals surface area contributed by atoms with Crippen LogP contribution in [0.3, 0.4) is 0 Å². The van der Waals surface area contributed by atoms with Crippen molar-refractivity contribution in [3.05, 3.63) is 34.9 Å². The third-order valence-electron chi connectivity index (χ3n) is 3.22. The molecule has 1 N–H and O–H groups in total. The predicted molar refractivity (Wildman–Crippen MR) is 72.1 cm³/mol. The van der Waals surface area contributed by atoms with Gasteiger partial charge in [0.2, 0.25) is 0 Å². The Kier molecular flexibility index (Phi) is 4.52. The number of terminal acetylenes is 1. The Morgan fingerprint density at radius 3 is 2.61 bits per heavy atom. The van der Waals surface area contributed by atoms with Crippen LogP contribution in [0.1, 0.15) is 23.6 Å². The number of carbonyl (C=O) groups is 1. The van der Waals surface area contributed by atoms with Gasteiger partial charge in [-0.05, 0) is 37.5 Å². The lowest BCUT2D eigenvalue weighted by atomic mass is 9.89. The molecule has 18 heavy (non-hydrogen) atoms. The van der Waals surface area contributed by atoms with E-state index >= 15 is 0 Å². The molecule has 0 radical (unpaired) electrons. The molecule has 0 fully saturated rings. The Bertz CT molecular complexity index is 488. The maximum Gasteiger partial charge on any atom is 0.330 e. The van der Waals surface area contributed by atoms with Gasteiger partial charge >= 0.3 is 5.97 Å². The first kappa shape index (κ1) is 14.3. The van der Waals surface area contributed by atoms with Crippen LogP contribution in [0.25, 0.3) is 0 Å². The SMILES string of the molecule is C#CCNC(C)(C(=O)OC)c1ccc(C)c(C)c1. The Hall–Kier alpha value is -1.79. The van der Waals surface area contributed by atoms with Crippen molar-refractivity contribution < 1.29 is 9.53 Å². The number of hydrogen-bond donors (Lipinski definition) is 1. The molecule has 1 aromatic carbocycles. The molecule has 1 atom stereocenters. The van der Waals surface area contributed by atoms with Crippen molar-refractivity contribution in [2.45, 2.75) is 26.3 Å². The van der Waals surface area contributed by atoms with Crippen LogP contribution >= 0.6 is 0 Å². The Labute approximate surface area is 109 Å². The second-order valence-electron chi connectivity index (χ2n) is 4.47. The molecule has 0 aliphatic rings. The second kappa shape index (κ2) is 5.70. The van der Waals surface area contributed by atoms with Crippen molar-refractivity contribution in [1.82, 2.24) is 5.32 Å². The first-order chi connectivity index (χ1) is 8.45. The number of benzene rings is 1. The molecule has 0 heterocycles. The minimum Gasteiger partial charge on any atom is -0.467 e. The van der Waals surface area contributed by atoms with Crippen molar-refractivity contribution in [1.29, 1.82) is 0 Å². The lowest BCUT2D eigenvalue weighted by molar-refractivity contribution is -0.148. The van der Waals surface area contributed by atoms with Gasteiger partial charge in [-0.15, -0.1) is 6.42 Å². The second-order valence-corrected chi connectivity index (χ2v) is 4.47.